The SMILES string of the molecule is COC(=O)[C@@H]1/C(=N\NC(=O)c2ccccc2)C[C@](C)(O)C[C@H]1c1ccccc1. The number of carbonyl (C=O) groups excluding carboxylic acids is 2. The fraction of sp³-hybridized carbons (Fsp3) is 0.318. The average Bonchev–Trinajstić information content (AvgIpc) is 2.71. The molecule has 28 heavy (non-hydrogen) atoms. The molecule has 146 valence electrons. The highest BCUT2D eigenvalue weighted by Crippen LogP contribution is 2.41. The van der Waals surface area contributed by atoms with Crippen molar-refractivity contribution in [3.05, 3.63) is 71.8 Å². The average molecular weight is 380 g/mol. The van der Waals surface area contributed by atoms with Gasteiger partial charge < -0.3 is 9.84 Å². The second-order valence-corrected chi connectivity index (χ2v) is 7.31. The third-order valence-electron chi connectivity index (χ3n) is 5.00. The van der Waals surface area contributed by atoms with Gasteiger partial charge in [0, 0.05) is 17.9 Å². The van der Waals surface area contributed by atoms with Gasteiger partial charge in [0.05, 0.1) is 18.4 Å². The molecule has 0 aliphatic heterocycles. The smallest absolute Gasteiger partial charge is 0.315 e. The van der Waals surface area contributed by atoms with Crippen molar-refractivity contribution in [1.29, 1.82) is 0 Å². The molecule has 1 aliphatic carbocycles. The van der Waals surface area contributed by atoms with E-state index in [4.69, 9.17) is 4.74 Å². The van der Waals surface area contributed by atoms with E-state index in [9.17, 15) is 14.7 Å². The number of esters is 1. The molecule has 1 saturated carbocycles. The summed E-state index contributed by atoms with van der Waals surface area (Å²) in [4.78, 5) is 24.9. The predicted molar refractivity (Wildman–Crippen MR) is 106 cm³/mol. The lowest BCUT2D eigenvalue weighted by molar-refractivity contribution is -0.144. The number of aliphatic hydroxyl groups is 1. The zero-order valence-electron chi connectivity index (χ0n) is 16.0. The van der Waals surface area contributed by atoms with Crippen molar-refractivity contribution in [1.82, 2.24) is 5.43 Å². The first-order valence-electron chi connectivity index (χ1n) is 9.18. The number of rotatable bonds is 4. The second-order valence-electron chi connectivity index (χ2n) is 7.31. The van der Waals surface area contributed by atoms with Crippen molar-refractivity contribution in [3.63, 3.8) is 0 Å². The first kappa shape index (κ1) is 19.8. The number of nitrogens with zero attached hydrogens (tertiary/aromatic N) is 1. The van der Waals surface area contributed by atoms with Gasteiger partial charge >= 0.3 is 5.97 Å². The van der Waals surface area contributed by atoms with Crippen molar-refractivity contribution < 1.29 is 19.4 Å². The van der Waals surface area contributed by atoms with Crippen LogP contribution < -0.4 is 5.43 Å². The van der Waals surface area contributed by atoms with Crippen LogP contribution in [0.15, 0.2) is 65.8 Å². The van der Waals surface area contributed by atoms with E-state index in [1.165, 1.54) is 7.11 Å². The lowest BCUT2D eigenvalue weighted by Crippen LogP contribution is -2.46. The Balaban J connectivity index is 1.94. The molecule has 1 aliphatic rings. The summed E-state index contributed by atoms with van der Waals surface area (Å²) in [5.41, 5.74) is 3.25. The van der Waals surface area contributed by atoms with Gasteiger partial charge in [0.2, 0.25) is 0 Å². The first-order valence-corrected chi connectivity index (χ1v) is 9.18. The molecule has 0 heterocycles. The van der Waals surface area contributed by atoms with Crippen molar-refractivity contribution in [2.45, 2.75) is 31.3 Å². The van der Waals surface area contributed by atoms with Gasteiger partial charge in [-0.25, -0.2) is 5.43 Å². The summed E-state index contributed by atoms with van der Waals surface area (Å²) < 4.78 is 5.02. The van der Waals surface area contributed by atoms with Crippen molar-refractivity contribution >= 4 is 17.6 Å². The zero-order chi connectivity index (χ0) is 20.1. The number of nitrogens with one attached hydrogen (secondary N) is 1. The highest BCUT2D eigenvalue weighted by atomic mass is 16.5. The summed E-state index contributed by atoms with van der Waals surface area (Å²) in [7, 11) is 1.33. The van der Waals surface area contributed by atoms with Crippen molar-refractivity contribution in [2.24, 2.45) is 11.0 Å². The maximum Gasteiger partial charge on any atom is 0.315 e. The van der Waals surface area contributed by atoms with E-state index >= 15 is 0 Å². The molecule has 0 radical (unpaired) electrons. The maximum absolute atomic E-state index is 12.6. The van der Waals surface area contributed by atoms with Gasteiger partial charge in [-0.2, -0.15) is 5.10 Å². The Hall–Kier alpha value is -2.99. The van der Waals surface area contributed by atoms with Crippen LogP contribution in [0, 0.1) is 5.92 Å². The summed E-state index contributed by atoms with van der Waals surface area (Å²) in [6.07, 6.45) is 0.563. The molecule has 1 fully saturated rings. The van der Waals surface area contributed by atoms with Crippen LogP contribution in [0.25, 0.3) is 0 Å². The molecule has 1 amide bonds. The van der Waals surface area contributed by atoms with Gasteiger partial charge in [-0.1, -0.05) is 48.5 Å². The summed E-state index contributed by atoms with van der Waals surface area (Å²) in [5.74, 6) is -1.79. The van der Waals surface area contributed by atoms with Crippen LogP contribution in [0.4, 0.5) is 0 Å². The fourth-order valence-electron chi connectivity index (χ4n) is 3.72. The molecule has 0 bridgehead atoms. The van der Waals surface area contributed by atoms with E-state index in [0.29, 0.717) is 17.7 Å². The molecule has 0 saturated heterocycles. The van der Waals surface area contributed by atoms with Crippen LogP contribution in [0.2, 0.25) is 0 Å². The summed E-state index contributed by atoms with van der Waals surface area (Å²) >= 11 is 0. The monoisotopic (exact) mass is 380 g/mol. The molecule has 3 rings (SSSR count). The van der Waals surface area contributed by atoms with Crippen LogP contribution in [0.1, 0.15) is 41.6 Å². The Morgan fingerprint density at radius 2 is 1.71 bits per heavy atom. The Labute approximate surface area is 164 Å². The third-order valence-corrected chi connectivity index (χ3v) is 5.00. The Kier molecular flexibility index (Phi) is 5.90. The standard InChI is InChI=1S/C22H24N2O4/c1-22(27)13-17(15-9-5-3-6-10-15)19(21(26)28-2)18(14-22)23-24-20(25)16-11-7-4-8-12-16/h3-12,17,19,27H,13-14H2,1-2H3,(H,24,25)/b23-18-/t17-,19-,22+/m0/s1. The first-order chi connectivity index (χ1) is 13.4. The normalized spacial score (nSPS) is 25.9. The largest absolute Gasteiger partial charge is 0.468 e. The Morgan fingerprint density at radius 1 is 1.11 bits per heavy atom. The quantitative estimate of drug-likeness (QED) is 0.631. The van der Waals surface area contributed by atoms with E-state index in [2.05, 4.69) is 10.5 Å². The number of amides is 1. The van der Waals surface area contributed by atoms with Crippen LogP contribution in [-0.2, 0) is 9.53 Å². The number of hydrogen-bond donors (Lipinski definition) is 2. The molecule has 6 nitrogen and oxygen atoms in total. The number of hydrogen-bond acceptors (Lipinski definition) is 5. The Bertz CT molecular complexity index is 863. The summed E-state index contributed by atoms with van der Waals surface area (Å²) in [6.45, 7) is 1.71. The molecule has 2 aromatic carbocycles. The molecular formula is C22H24N2O4. The molecular weight excluding hydrogens is 356 g/mol. The topological polar surface area (TPSA) is 88.0 Å². The van der Waals surface area contributed by atoms with Crippen LogP contribution >= 0.6 is 0 Å². The lowest BCUT2D eigenvalue weighted by Gasteiger charge is -2.39. The van der Waals surface area contributed by atoms with Crippen LogP contribution in [0.3, 0.4) is 0 Å². The van der Waals surface area contributed by atoms with Crippen LogP contribution in [0.5, 0.6) is 0 Å². The lowest BCUT2D eigenvalue weighted by atomic mass is 9.68. The van der Waals surface area contributed by atoms with Gasteiger partial charge in [0.25, 0.3) is 5.91 Å². The van der Waals surface area contributed by atoms with E-state index in [1.807, 2.05) is 36.4 Å². The highest BCUT2D eigenvalue weighted by molar-refractivity contribution is 6.05. The highest BCUT2D eigenvalue weighted by Gasteiger charge is 2.45. The molecule has 0 unspecified atom stereocenters. The van der Waals surface area contributed by atoms with Crippen molar-refractivity contribution in [3.8, 4) is 0 Å². The number of carbonyl (C=O) groups is 2. The van der Waals surface area contributed by atoms with E-state index in [-0.39, 0.29) is 18.2 Å². The van der Waals surface area contributed by atoms with E-state index in [0.717, 1.165) is 5.56 Å². The number of benzene rings is 2. The fourth-order valence-corrected chi connectivity index (χ4v) is 3.72. The maximum atomic E-state index is 12.6. The summed E-state index contributed by atoms with van der Waals surface area (Å²) in [6, 6.07) is 18.2. The van der Waals surface area contributed by atoms with Gasteiger partial charge in [-0.05, 0) is 31.0 Å². The molecule has 6 heteroatoms. The summed E-state index contributed by atoms with van der Waals surface area (Å²) in [5, 5.41) is 15.0. The number of hydrazone groups is 1. The minimum atomic E-state index is -1.05. The Morgan fingerprint density at radius 3 is 2.32 bits per heavy atom. The van der Waals surface area contributed by atoms with E-state index < -0.39 is 17.5 Å². The van der Waals surface area contributed by atoms with Gasteiger partial charge in [-0.15, -0.1) is 0 Å². The van der Waals surface area contributed by atoms with Gasteiger partial charge in [-0.3, -0.25) is 9.59 Å². The molecule has 0 spiro atoms. The minimum Gasteiger partial charge on any atom is -0.468 e. The number of methoxy groups -OCH3 is 1. The van der Waals surface area contributed by atoms with Crippen molar-refractivity contribution in [2.75, 3.05) is 7.11 Å². The molecule has 2 aromatic rings. The van der Waals surface area contributed by atoms with Crippen LogP contribution in [-0.4, -0.2) is 35.4 Å². The predicted octanol–water partition coefficient (Wildman–Crippen LogP) is 2.89. The van der Waals surface area contributed by atoms with E-state index in [1.54, 1.807) is 31.2 Å². The van der Waals surface area contributed by atoms with Gasteiger partial charge in [0.15, 0.2) is 0 Å². The zero-order valence-corrected chi connectivity index (χ0v) is 16.0. The minimum absolute atomic E-state index is 0.172. The molecule has 3 atom stereocenters. The van der Waals surface area contributed by atoms with Gasteiger partial charge in [0.1, 0.15) is 5.92 Å². The number of ether oxygens (including phenoxy) is 1. The molecule has 2 N–H and O–H groups in total. The second kappa shape index (κ2) is 8.35. The third kappa shape index (κ3) is 4.46. The molecule has 0 aromatic heterocycles.